The van der Waals surface area contributed by atoms with E-state index in [1.807, 2.05) is 134 Å². The zero-order chi connectivity index (χ0) is 54.8. The Morgan fingerprint density at radius 1 is 0.487 bits per heavy atom. The van der Waals surface area contributed by atoms with Crippen molar-refractivity contribution in [1.82, 2.24) is 19.6 Å². The minimum Gasteiger partial charge on any atom is -0.447 e. The normalized spacial score (nSPS) is 18.8. The molecule has 8 rings (SSSR count). The van der Waals surface area contributed by atoms with Gasteiger partial charge in [0.05, 0.1) is 24.2 Å². The molecule has 4 aromatic carbocycles. The number of hydrogen-bond donors (Lipinski definition) is 0. The summed E-state index contributed by atoms with van der Waals surface area (Å²) in [6, 6.07) is 38.5. The molecule has 4 fully saturated rings. The number of hydrogen-bond acceptors (Lipinski definition) is 12. The maximum atomic E-state index is 12.3. The fourth-order valence-corrected chi connectivity index (χ4v) is 8.72. The van der Waals surface area contributed by atoms with E-state index in [2.05, 4.69) is 19.9 Å². The van der Waals surface area contributed by atoms with Crippen molar-refractivity contribution in [2.24, 2.45) is 5.92 Å². The quantitative estimate of drug-likeness (QED) is 0.0554. The van der Waals surface area contributed by atoms with E-state index < -0.39 is 24.4 Å². The van der Waals surface area contributed by atoms with Crippen molar-refractivity contribution in [2.45, 2.75) is 123 Å². The Morgan fingerprint density at radius 2 is 0.816 bits per heavy atom. The van der Waals surface area contributed by atoms with Crippen LogP contribution in [-0.4, -0.2) is 118 Å². The van der Waals surface area contributed by atoms with Crippen LogP contribution in [0.4, 0.5) is 19.2 Å². The Labute approximate surface area is 446 Å². The van der Waals surface area contributed by atoms with Gasteiger partial charge >= 0.3 is 24.4 Å². The van der Waals surface area contributed by atoms with E-state index >= 15 is 0 Å². The number of carbonyl (C=O) groups is 8. The van der Waals surface area contributed by atoms with Crippen molar-refractivity contribution in [3.8, 4) is 0 Å². The summed E-state index contributed by atoms with van der Waals surface area (Å²) in [7, 11) is 0. The van der Waals surface area contributed by atoms with Crippen LogP contribution in [-0.2, 0) is 63.8 Å². The molecule has 4 aliphatic rings. The second kappa shape index (κ2) is 31.1. The summed E-state index contributed by atoms with van der Waals surface area (Å²) < 4.78 is 20.0. The lowest BCUT2D eigenvalue weighted by Crippen LogP contribution is -2.40. The molecule has 0 N–H and O–H groups in total. The number of allylic oxidation sites excluding steroid dienone is 3. The van der Waals surface area contributed by atoms with E-state index in [9.17, 15) is 38.4 Å². The largest absolute Gasteiger partial charge is 0.447 e. The molecule has 0 unspecified atom stereocenters. The average molecular weight is 1040 g/mol. The summed E-state index contributed by atoms with van der Waals surface area (Å²) in [5.41, 5.74) is 4.39. The Bertz CT molecular complexity index is 2570. The number of nitrogens with zero attached hydrogens (tertiary/aromatic N) is 4. The van der Waals surface area contributed by atoms with Crippen LogP contribution < -0.4 is 0 Å². The SMILES string of the molecule is C/C=C/C(=O)N1C(=O)OC[C@@H]1Cc1ccccc1.CC(C)C/C=C/CCC(=O)N1C(=O)OC[C@H]1Cc1ccccc1.CCC(=O)N1C(=O)OC[C@@H]1Cc1ccccc1.CCCC(=O)N1C(=O)OC[C@@H]1Cc1ccccc1. The van der Waals surface area contributed by atoms with Gasteiger partial charge in [-0.1, -0.05) is 167 Å². The molecule has 16 heteroatoms. The third-order valence-corrected chi connectivity index (χ3v) is 12.5. The molecule has 4 saturated heterocycles. The summed E-state index contributed by atoms with van der Waals surface area (Å²) in [6.45, 7) is 10.8. The van der Waals surface area contributed by atoms with Crippen LogP contribution >= 0.6 is 0 Å². The predicted molar refractivity (Wildman–Crippen MR) is 286 cm³/mol. The second-order valence-electron chi connectivity index (χ2n) is 18.9. The summed E-state index contributed by atoms with van der Waals surface area (Å²) >= 11 is 0. The molecular formula is C60H72N4O12. The van der Waals surface area contributed by atoms with Gasteiger partial charge in [0.25, 0.3) is 5.91 Å². The molecule has 4 atom stereocenters. The lowest BCUT2D eigenvalue weighted by molar-refractivity contribution is -0.130. The molecule has 4 aliphatic heterocycles. The monoisotopic (exact) mass is 1040 g/mol. The summed E-state index contributed by atoms with van der Waals surface area (Å²) in [5, 5.41) is 0. The van der Waals surface area contributed by atoms with Crippen LogP contribution in [0.25, 0.3) is 0 Å². The number of ether oxygens (including phenoxy) is 4. The minimum absolute atomic E-state index is 0.138. The van der Waals surface area contributed by atoms with E-state index in [4.69, 9.17) is 18.9 Å². The van der Waals surface area contributed by atoms with Gasteiger partial charge in [-0.25, -0.2) is 38.8 Å². The summed E-state index contributed by atoms with van der Waals surface area (Å²) in [6.07, 6.45) is 11.1. The molecule has 4 aromatic rings. The standard InChI is InChI=1S/C19H25NO3.C14H17NO3.C14H15NO3.C13H15NO3/c1-15(2)9-5-3-8-12-18(21)20-17(14-23-19(20)22)13-16-10-6-4-7-11-16;2*1-2-6-13(16)15-12(10-18-14(15)17)9-11-7-4-3-5-8-11;1-2-12(15)14-11(9-17-13(14)16)8-10-6-4-3-5-7-10/h3-7,10-11,15,17H,8-9,12-14H2,1-2H3;3-5,7-8,12H,2,6,9-10H2,1H3;2-8,12H,9-10H2,1H3;3-7,11H,2,8-9H2,1H3/b5-3+;;6-2+;/t17-;2*12-;11-/m1000/s1. The fraction of sp³-hybridized carbons (Fsp3) is 0.400. The van der Waals surface area contributed by atoms with Crippen molar-refractivity contribution in [2.75, 3.05) is 26.4 Å². The highest BCUT2D eigenvalue weighted by molar-refractivity contribution is 6.00. The molecule has 0 aliphatic carbocycles. The van der Waals surface area contributed by atoms with Gasteiger partial charge in [0.2, 0.25) is 17.7 Å². The first-order chi connectivity index (χ1) is 36.7. The number of imide groups is 4. The average Bonchev–Trinajstić information content (AvgIpc) is 4.19. The minimum atomic E-state index is -0.556. The third-order valence-electron chi connectivity index (χ3n) is 12.5. The van der Waals surface area contributed by atoms with Crippen LogP contribution in [0.2, 0.25) is 0 Å². The smallest absolute Gasteiger partial charge is 0.417 e. The zero-order valence-electron chi connectivity index (χ0n) is 44.3. The van der Waals surface area contributed by atoms with Gasteiger partial charge in [-0.05, 0) is 86.1 Å². The highest BCUT2D eigenvalue weighted by Gasteiger charge is 2.40. The van der Waals surface area contributed by atoms with Crippen LogP contribution in [0.3, 0.4) is 0 Å². The molecule has 8 amide bonds. The topological polar surface area (TPSA) is 186 Å². The van der Waals surface area contributed by atoms with E-state index in [1.165, 1.54) is 25.7 Å². The Kier molecular flexibility index (Phi) is 24.2. The molecule has 0 spiro atoms. The molecule has 4 heterocycles. The maximum absolute atomic E-state index is 12.3. The van der Waals surface area contributed by atoms with E-state index in [0.717, 1.165) is 35.1 Å². The van der Waals surface area contributed by atoms with E-state index in [1.54, 1.807) is 19.9 Å². The molecule has 0 saturated carbocycles. The third kappa shape index (κ3) is 18.2. The van der Waals surface area contributed by atoms with Crippen LogP contribution in [0.15, 0.2) is 146 Å². The number of amides is 8. The Morgan fingerprint density at radius 3 is 1.14 bits per heavy atom. The highest BCUT2D eigenvalue weighted by atomic mass is 16.6. The maximum Gasteiger partial charge on any atom is 0.417 e. The van der Waals surface area contributed by atoms with Gasteiger partial charge in [0, 0.05) is 19.3 Å². The molecule has 0 aromatic heterocycles. The zero-order valence-corrected chi connectivity index (χ0v) is 44.3. The van der Waals surface area contributed by atoms with Gasteiger partial charge in [-0.3, -0.25) is 19.2 Å². The van der Waals surface area contributed by atoms with Crippen molar-refractivity contribution in [1.29, 1.82) is 0 Å². The lowest BCUT2D eigenvalue weighted by atomic mass is 10.1. The van der Waals surface area contributed by atoms with Crippen molar-refractivity contribution < 1.29 is 57.3 Å². The molecule has 16 nitrogen and oxygen atoms in total. The van der Waals surface area contributed by atoms with Crippen molar-refractivity contribution in [3.63, 3.8) is 0 Å². The van der Waals surface area contributed by atoms with Gasteiger partial charge in [0.1, 0.15) is 26.4 Å². The van der Waals surface area contributed by atoms with E-state index in [-0.39, 0.29) is 61.0 Å². The van der Waals surface area contributed by atoms with Crippen molar-refractivity contribution >= 4 is 48.0 Å². The van der Waals surface area contributed by atoms with E-state index in [0.29, 0.717) is 70.5 Å². The Hall–Kier alpha value is -7.88. The van der Waals surface area contributed by atoms with Crippen molar-refractivity contribution in [3.05, 3.63) is 168 Å². The number of cyclic esters (lactones) is 4. The Balaban J connectivity index is 0.000000188. The van der Waals surface area contributed by atoms with Gasteiger partial charge in [-0.2, -0.15) is 0 Å². The summed E-state index contributed by atoms with van der Waals surface area (Å²) in [5.74, 6) is -0.163. The van der Waals surface area contributed by atoms with Crippen LogP contribution in [0.1, 0.15) is 95.4 Å². The molecule has 0 bridgehead atoms. The number of rotatable bonds is 17. The highest BCUT2D eigenvalue weighted by Crippen LogP contribution is 2.22. The van der Waals surface area contributed by atoms with Gasteiger partial charge < -0.3 is 18.9 Å². The lowest BCUT2D eigenvalue weighted by Gasteiger charge is -2.19. The second-order valence-corrected chi connectivity index (χ2v) is 18.9. The molecule has 404 valence electrons. The molecule has 76 heavy (non-hydrogen) atoms. The summed E-state index contributed by atoms with van der Waals surface area (Å²) in [4.78, 5) is 99.1. The van der Waals surface area contributed by atoms with Gasteiger partial charge in [0.15, 0.2) is 0 Å². The van der Waals surface area contributed by atoms with Crippen LogP contribution in [0, 0.1) is 5.92 Å². The first kappa shape index (κ1) is 59.0. The fourth-order valence-electron chi connectivity index (χ4n) is 8.72. The molecular weight excluding hydrogens is 969 g/mol. The first-order valence-electron chi connectivity index (χ1n) is 26.1. The first-order valence-corrected chi connectivity index (χ1v) is 26.1. The molecule has 0 radical (unpaired) electrons. The van der Waals surface area contributed by atoms with Crippen LogP contribution in [0.5, 0.6) is 0 Å². The van der Waals surface area contributed by atoms with Gasteiger partial charge in [-0.15, -0.1) is 0 Å². The number of benzene rings is 4. The predicted octanol–water partition coefficient (Wildman–Crippen LogP) is 10.5. The number of carbonyl (C=O) groups excluding carboxylic acids is 8.